The molecule has 0 N–H and O–H groups in total. The molecule has 0 saturated carbocycles. The fraction of sp³-hybridized carbons (Fsp3) is 0.391. The minimum atomic E-state index is -0.00772. The van der Waals surface area contributed by atoms with Crippen LogP contribution < -0.4 is 9.47 Å². The van der Waals surface area contributed by atoms with Gasteiger partial charge in [0.25, 0.3) is 5.91 Å². The second-order valence-electron chi connectivity index (χ2n) is 6.88. The molecular weight excluding hydrogens is 368 g/mol. The van der Waals surface area contributed by atoms with Crippen molar-refractivity contribution in [2.24, 2.45) is 0 Å². The Labute approximate surface area is 172 Å². The average molecular weight is 396 g/mol. The van der Waals surface area contributed by atoms with Crippen molar-refractivity contribution >= 4 is 11.8 Å². The highest BCUT2D eigenvalue weighted by molar-refractivity contribution is 5.94. The first kappa shape index (κ1) is 20.7. The molecule has 0 radical (unpaired) electrons. The Morgan fingerprint density at radius 1 is 0.759 bits per heavy atom. The number of hydrogen-bond acceptors (Lipinski definition) is 4. The van der Waals surface area contributed by atoms with E-state index in [2.05, 4.69) is 0 Å². The Morgan fingerprint density at radius 3 is 1.76 bits per heavy atom. The normalized spacial score (nSPS) is 13.9. The number of ether oxygens (including phenoxy) is 2. The molecule has 0 bridgehead atoms. The summed E-state index contributed by atoms with van der Waals surface area (Å²) in [5.74, 6) is 1.65. The number of hydrogen-bond donors (Lipinski definition) is 0. The molecular formula is C23H28N2O4. The number of benzene rings is 2. The Balaban J connectivity index is 1.50. The molecule has 2 aromatic carbocycles. The zero-order chi connectivity index (χ0) is 20.6. The predicted octanol–water partition coefficient (Wildman–Crippen LogP) is 3.01. The topological polar surface area (TPSA) is 59.1 Å². The van der Waals surface area contributed by atoms with Gasteiger partial charge in [-0.15, -0.1) is 0 Å². The third-order valence-electron chi connectivity index (χ3n) is 4.92. The van der Waals surface area contributed by atoms with E-state index in [1.807, 2.05) is 55.1 Å². The van der Waals surface area contributed by atoms with Gasteiger partial charge in [-0.3, -0.25) is 9.59 Å². The van der Waals surface area contributed by atoms with E-state index in [1.54, 1.807) is 17.0 Å². The van der Waals surface area contributed by atoms with E-state index in [-0.39, 0.29) is 11.8 Å². The van der Waals surface area contributed by atoms with Crippen molar-refractivity contribution < 1.29 is 19.1 Å². The van der Waals surface area contributed by atoms with E-state index in [4.69, 9.17) is 9.47 Å². The molecule has 2 aromatic rings. The van der Waals surface area contributed by atoms with E-state index in [0.717, 1.165) is 17.1 Å². The van der Waals surface area contributed by atoms with Crippen molar-refractivity contribution in [3.8, 4) is 11.5 Å². The number of carbonyl (C=O) groups excluding carboxylic acids is 2. The van der Waals surface area contributed by atoms with Crippen LogP contribution in [-0.2, 0) is 11.2 Å². The monoisotopic (exact) mass is 396 g/mol. The average Bonchev–Trinajstić information content (AvgIpc) is 2.76. The van der Waals surface area contributed by atoms with Crippen LogP contribution in [0.3, 0.4) is 0 Å². The molecule has 0 aliphatic carbocycles. The summed E-state index contributed by atoms with van der Waals surface area (Å²) in [6, 6.07) is 14.8. The molecule has 1 aliphatic heterocycles. The Morgan fingerprint density at radius 2 is 1.24 bits per heavy atom. The van der Waals surface area contributed by atoms with Crippen molar-refractivity contribution in [1.82, 2.24) is 9.80 Å². The lowest BCUT2D eigenvalue weighted by Gasteiger charge is -2.35. The molecule has 2 amide bonds. The lowest BCUT2D eigenvalue weighted by molar-refractivity contribution is -0.131. The van der Waals surface area contributed by atoms with E-state index >= 15 is 0 Å². The maximum Gasteiger partial charge on any atom is 0.253 e. The van der Waals surface area contributed by atoms with Gasteiger partial charge in [0.1, 0.15) is 11.5 Å². The highest BCUT2D eigenvalue weighted by atomic mass is 16.5. The van der Waals surface area contributed by atoms with Crippen LogP contribution in [0.25, 0.3) is 0 Å². The second-order valence-corrected chi connectivity index (χ2v) is 6.88. The first-order valence-corrected chi connectivity index (χ1v) is 10.1. The molecule has 6 heteroatoms. The molecule has 154 valence electrons. The van der Waals surface area contributed by atoms with Gasteiger partial charge in [0.05, 0.1) is 19.6 Å². The Kier molecular flexibility index (Phi) is 7.11. The zero-order valence-corrected chi connectivity index (χ0v) is 17.1. The largest absolute Gasteiger partial charge is 0.494 e. The zero-order valence-electron chi connectivity index (χ0n) is 17.1. The maximum absolute atomic E-state index is 12.7. The van der Waals surface area contributed by atoms with Crippen molar-refractivity contribution in [2.45, 2.75) is 20.3 Å². The third kappa shape index (κ3) is 5.50. The number of rotatable bonds is 7. The SMILES string of the molecule is CCOc1ccc(CC(=O)N2CCN(C(=O)c3ccc(OCC)cc3)CC2)cc1. The van der Waals surface area contributed by atoms with Crippen LogP contribution in [0.2, 0.25) is 0 Å². The van der Waals surface area contributed by atoms with Crippen molar-refractivity contribution in [1.29, 1.82) is 0 Å². The summed E-state index contributed by atoms with van der Waals surface area (Å²) in [6.07, 6.45) is 0.360. The number of nitrogens with zero attached hydrogens (tertiary/aromatic N) is 2. The Bertz CT molecular complexity index is 810. The van der Waals surface area contributed by atoms with Crippen LogP contribution in [0, 0.1) is 0 Å². The maximum atomic E-state index is 12.7. The summed E-state index contributed by atoms with van der Waals surface area (Å²) < 4.78 is 10.8. The van der Waals surface area contributed by atoms with Crippen LogP contribution in [0.1, 0.15) is 29.8 Å². The summed E-state index contributed by atoms with van der Waals surface area (Å²) in [4.78, 5) is 28.9. The van der Waals surface area contributed by atoms with E-state index in [9.17, 15) is 9.59 Å². The standard InChI is InChI=1S/C23H28N2O4/c1-3-28-20-9-5-18(6-10-20)17-22(26)24-13-15-25(16-14-24)23(27)19-7-11-21(12-8-19)29-4-2/h5-12H,3-4,13-17H2,1-2H3. The minimum Gasteiger partial charge on any atom is -0.494 e. The van der Waals surface area contributed by atoms with Gasteiger partial charge in [0.15, 0.2) is 0 Å². The second kappa shape index (κ2) is 9.96. The molecule has 1 aliphatic rings. The predicted molar refractivity (Wildman–Crippen MR) is 111 cm³/mol. The summed E-state index contributed by atoms with van der Waals surface area (Å²) >= 11 is 0. The molecule has 29 heavy (non-hydrogen) atoms. The molecule has 0 atom stereocenters. The van der Waals surface area contributed by atoms with Crippen LogP contribution in [0.4, 0.5) is 0 Å². The fourth-order valence-corrected chi connectivity index (χ4v) is 3.36. The molecule has 1 fully saturated rings. The van der Waals surface area contributed by atoms with Crippen LogP contribution >= 0.6 is 0 Å². The lowest BCUT2D eigenvalue weighted by atomic mass is 10.1. The third-order valence-corrected chi connectivity index (χ3v) is 4.92. The highest BCUT2D eigenvalue weighted by Crippen LogP contribution is 2.16. The smallest absolute Gasteiger partial charge is 0.253 e. The highest BCUT2D eigenvalue weighted by Gasteiger charge is 2.24. The lowest BCUT2D eigenvalue weighted by Crippen LogP contribution is -2.51. The van der Waals surface area contributed by atoms with Crippen molar-refractivity contribution in [3.63, 3.8) is 0 Å². The quantitative estimate of drug-likeness (QED) is 0.722. The minimum absolute atomic E-state index is 0.00772. The van der Waals surface area contributed by atoms with Gasteiger partial charge >= 0.3 is 0 Å². The van der Waals surface area contributed by atoms with Gasteiger partial charge in [-0.2, -0.15) is 0 Å². The molecule has 0 spiro atoms. The van der Waals surface area contributed by atoms with Crippen LogP contribution in [0.15, 0.2) is 48.5 Å². The molecule has 1 heterocycles. The first-order valence-electron chi connectivity index (χ1n) is 10.1. The van der Waals surface area contributed by atoms with Gasteiger partial charge < -0.3 is 19.3 Å². The van der Waals surface area contributed by atoms with Gasteiger partial charge in [0, 0.05) is 31.7 Å². The molecule has 0 unspecified atom stereocenters. The summed E-state index contributed by atoms with van der Waals surface area (Å²) in [5, 5.41) is 0. The van der Waals surface area contributed by atoms with E-state index in [0.29, 0.717) is 51.4 Å². The molecule has 1 saturated heterocycles. The summed E-state index contributed by atoms with van der Waals surface area (Å²) in [7, 11) is 0. The molecule has 0 aromatic heterocycles. The van der Waals surface area contributed by atoms with Gasteiger partial charge in [-0.05, 0) is 55.8 Å². The number of amides is 2. The summed E-state index contributed by atoms with van der Waals surface area (Å²) in [5.41, 5.74) is 1.61. The Hall–Kier alpha value is -3.02. The first-order chi connectivity index (χ1) is 14.1. The number of carbonyl (C=O) groups is 2. The van der Waals surface area contributed by atoms with Gasteiger partial charge in [0.2, 0.25) is 5.91 Å². The van der Waals surface area contributed by atoms with Gasteiger partial charge in [-0.1, -0.05) is 12.1 Å². The van der Waals surface area contributed by atoms with Crippen molar-refractivity contribution in [3.05, 3.63) is 59.7 Å². The van der Waals surface area contributed by atoms with Gasteiger partial charge in [-0.25, -0.2) is 0 Å². The van der Waals surface area contributed by atoms with Crippen LogP contribution in [-0.4, -0.2) is 61.0 Å². The molecule has 6 nitrogen and oxygen atoms in total. The fourth-order valence-electron chi connectivity index (χ4n) is 3.36. The van der Waals surface area contributed by atoms with E-state index in [1.165, 1.54) is 0 Å². The van der Waals surface area contributed by atoms with Crippen molar-refractivity contribution in [2.75, 3.05) is 39.4 Å². The number of piperazine rings is 1. The molecule has 3 rings (SSSR count). The van der Waals surface area contributed by atoms with Crippen LogP contribution in [0.5, 0.6) is 11.5 Å². The summed E-state index contributed by atoms with van der Waals surface area (Å²) in [6.45, 7) is 7.28. The van der Waals surface area contributed by atoms with E-state index < -0.39 is 0 Å².